The molecule has 0 aliphatic rings. The maximum absolute atomic E-state index is 12.0. The van der Waals surface area contributed by atoms with Gasteiger partial charge in [0.1, 0.15) is 5.01 Å². The number of nitrogens with zero attached hydrogens (tertiary/aromatic N) is 2. The highest BCUT2D eigenvalue weighted by Crippen LogP contribution is 2.26. The molecule has 2 aromatic carbocycles. The van der Waals surface area contributed by atoms with Crippen LogP contribution in [-0.4, -0.2) is 21.9 Å². The fraction of sp³-hybridized carbons (Fsp3) is 0.118. The van der Waals surface area contributed by atoms with Crippen LogP contribution in [0.25, 0.3) is 10.6 Å². The number of amides is 1. The number of benzene rings is 2. The lowest BCUT2D eigenvalue weighted by Crippen LogP contribution is -2.13. The summed E-state index contributed by atoms with van der Waals surface area (Å²) in [6, 6.07) is 17.4. The Morgan fingerprint density at radius 3 is 2.75 bits per heavy atom. The van der Waals surface area contributed by atoms with Gasteiger partial charge in [-0.15, -0.1) is 22.0 Å². The Morgan fingerprint density at radius 2 is 1.96 bits per heavy atom. The molecule has 0 unspecified atom stereocenters. The first-order valence-corrected chi connectivity index (χ1v) is 9.56. The van der Waals surface area contributed by atoms with E-state index in [2.05, 4.69) is 15.5 Å². The molecule has 0 aliphatic carbocycles. The topological polar surface area (TPSA) is 54.9 Å². The number of thioether (sulfide) groups is 1. The minimum atomic E-state index is -0.0854. The molecular formula is C17H14ClN3OS2. The summed E-state index contributed by atoms with van der Waals surface area (Å²) < 4.78 is 0. The van der Waals surface area contributed by atoms with Crippen molar-refractivity contribution in [2.45, 2.75) is 5.75 Å². The predicted octanol–water partition coefficient (Wildman–Crippen LogP) is 4.73. The second-order valence-corrected chi connectivity index (χ2v) is 7.35. The zero-order valence-corrected chi connectivity index (χ0v) is 15.0. The molecule has 1 aromatic heterocycles. The highest BCUT2D eigenvalue weighted by atomic mass is 35.5. The van der Waals surface area contributed by atoms with Gasteiger partial charge in [-0.2, -0.15) is 0 Å². The second kappa shape index (κ2) is 8.28. The van der Waals surface area contributed by atoms with Gasteiger partial charge >= 0.3 is 0 Å². The van der Waals surface area contributed by atoms with E-state index in [1.165, 1.54) is 23.1 Å². The van der Waals surface area contributed by atoms with Gasteiger partial charge in [-0.25, -0.2) is 0 Å². The summed E-state index contributed by atoms with van der Waals surface area (Å²) in [5.41, 5.74) is 2.09. The number of hydrogen-bond donors (Lipinski definition) is 1. The summed E-state index contributed by atoms with van der Waals surface area (Å²) in [4.78, 5) is 12.0. The van der Waals surface area contributed by atoms with Gasteiger partial charge in [-0.3, -0.25) is 10.1 Å². The Hall–Kier alpha value is -1.89. The standard InChI is InChI=1S/C17H14ClN3OS2/c18-14-8-4-5-12(9-14)10-23-11-15(22)19-17-21-20-16(24-17)13-6-2-1-3-7-13/h1-9H,10-11H2,(H,19,21,22). The summed E-state index contributed by atoms with van der Waals surface area (Å²) in [5, 5.41) is 12.9. The van der Waals surface area contributed by atoms with Crippen LogP contribution in [-0.2, 0) is 10.5 Å². The first-order chi connectivity index (χ1) is 11.7. The van der Waals surface area contributed by atoms with Gasteiger partial charge in [0.2, 0.25) is 11.0 Å². The third-order valence-corrected chi connectivity index (χ3v) is 5.21. The smallest absolute Gasteiger partial charge is 0.236 e. The molecule has 0 aliphatic heterocycles. The molecular weight excluding hydrogens is 362 g/mol. The molecule has 0 atom stereocenters. The lowest BCUT2D eigenvalue weighted by atomic mass is 10.2. The van der Waals surface area contributed by atoms with Crippen molar-refractivity contribution in [2.24, 2.45) is 0 Å². The number of aromatic nitrogens is 2. The molecule has 0 fully saturated rings. The first-order valence-electron chi connectivity index (χ1n) is 7.22. The van der Waals surface area contributed by atoms with Crippen LogP contribution in [0.1, 0.15) is 5.56 Å². The largest absolute Gasteiger partial charge is 0.300 e. The second-order valence-electron chi connectivity index (χ2n) is 4.95. The Morgan fingerprint density at radius 1 is 1.12 bits per heavy atom. The zero-order valence-electron chi connectivity index (χ0n) is 12.6. The molecule has 1 N–H and O–H groups in total. The van der Waals surface area contributed by atoms with E-state index in [-0.39, 0.29) is 5.91 Å². The molecule has 0 bridgehead atoms. The van der Waals surface area contributed by atoms with E-state index in [0.29, 0.717) is 15.9 Å². The number of rotatable bonds is 6. The summed E-state index contributed by atoms with van der Waals surface area (Å²) in [7, 11) is 0. The third-order valence-electron chi connectivity index (χ3n) is 3.08. The van der Waals surface area contributed by atoms with Gasteiger partial charge in [-0.1, -0.05) is 65.4 Å². The Kier molecular flexibility index (Phi) is 5.85. The van der Waals surface area contributed by atoms with Crippen LogP contribution in [0.2, 0.25) is 5.02 Å². The van der Waals surface area contributed by atoms with Crippen molar-refractivity contribution < 1.29 is 4.79 Å². The summed E-state index contributed by atoms with van der Waals surface area (Å²) >= 11 is 8.84. The molecule has 0 spiro atoms. The van der Waals surface area contributed by atoms with Crippen molar-refractivity contribution in [1.82, 2.24) is 10.2 Å². The highest BCUT2D eigenvalue weighted by Gasteiger charge is 2.09. The van der Waals surface area contributed by atoms with Crippen molar-refractivity contribution in [2.75, 3.05) is 11.1 Å². The van der Waals surface area contributed by atoms with Crippen molar-refractivity contribution in [1.29, 1.82) is 0 Å². The van der Waals surface area contributed by atoms with Crippen molar-refractivity contribution in [3.05, 3.63) is 65.2 Å². The van der Waals surface area contributed by atoms with E-state index in [0.717, 1.165) is 21.9 Å². The van der Waals surface area contributed by atoms with Crippen molar-refractivity contribution in [3.8, 4) is 10.6 Å². The van der Waals surface area contributed by atoms with E-state index in [9.17, 15) is 4.79 Å². The van der Waals surface area contributed by atoms with E-state index < -0.39 is 0 Å². The maximum Gasteiger partial charge on any atom is 0.236 e. The van der Waals surface area contributed by atoms with Crippen LogP contribution in [0.5, 0.6) is 0 Å². The lowest BCUT2D eigenvalue weighted by Gasteiger charge is -2.02. The van der Waals surface area contributed by atoms with Crippen LogP contribution >= 0.6 is 34.7 Å². The fourth-order valence-corrected chi connectivity index (χ4v) is 3.77. The van der Waals surface area contributed by atoms with Crippen LogP contribution < -0.4 is 5.32 Å². The number of halogens is 1. The molecule has 3 rings (SSSR count). The number of anilines is 1. The summed E-state index contributed by atoms with van der Waals surface area (Å²) in [5.74, 6) is 1.00. The monoisotopic (exact) mass is 375 g/mol. The van der Waals surface area contributed by atoms with Crippen LogP contribution in [0.15, 0.2) is 54.6 Å². The SMILES string of the molecule is O=C(CSCc1cccc(Cl)c1)Nc1nnc(-c2ccccc2)s1. The van der Waals surface area contributed by atoms with Gasteiger partial charge in [0.25, 0.3) is 0 Å². The number of nitrogens with one attached hydrogen (secondary N) is 1. The van der Waals surface area contributed by atoms with E-state index in [1.54, 1.807) is 0 Å². The Labute approximate surface area is 153 Å². The van der Waals surface area contributed by atoms with Gasteiger partial charge in [0, 0.05) is 16.3 Å². The number of carbonyl (C=O) groups excluding carboxylic acids is 1. The summed E-state index contributed by atoms with van der Waals surface area (Å²) in [6.45, 7) is 0. The third kappa shape index (κ3) is 4.80. The highest BCUT2D eigenvalue weighted by molar-refractivity contribution is 7.99. The van der Waals surface area contributed by atoms with Gasteiger partial charge in [0.05, 0.1) is 5.75 Å². The predicted molar refractivity (Wildman–Crippen MR) is 102 cm³/mol. The number of carbonyl (C=O) groups is 1. The molecule has 4 nitrogen and oxygen atoms in total. The minimum Gasteiger partial charge on any atom is -0.300 e. The van der Waals surface area contributed by atoms with Crippen molar-refractivity contribution in [3.63, 3.8) is 0 Å². The molecule has 122 valence electrons. The lowest BCUT2D eigenvalue weighted by molar-refractivity contribution is -0.113. The van der Waals surface area contributed by atoms with Crippen LogP contribution in [0, 0.1) is 0 Å². The quantitative estimate of drug-likeness (QED) is 0.676. The number of hydrogen-bond acceptors (Lipinski definition) is 5. The van der Waals surface area contributed by atoms with Crippen LogP contribution in [0.4, 0.5) is 5.13 Å². The zero-order chi connectivity index (χ0) is 16.8. The van der Waals surface area contributed by atoms with Gasteiger partial charge in [-0.05, 0) is 17.7 Å². The molecule has 3 aromatic rings. The minimum absolute atomic E-state index is 0.0854. The molecule has 0 saturated heterocycles. The first kappa shape index (κ1) is 17.0. The Bertz CT molecular complexity index is 823. The van der Waals surface area contributed by atoms with E-state index >= 15 is 0 Å². The molecule has 1 heterocycles. The van der Waals surface area contributed by atoms with E-state index in [1.807, 2.05) is 54.6 Å². The van der Waals surface area contributed by atoms with Crippen LogP contribution in [0.3, 0.4) is 0 Å². The molecule has 7 heteroatoms. The van der Waals surface area contributed by atoms with E-state index in [4.69, 9.17) is 11.6 Å². The van der Waals surface area contributed by atoms with Gasteiger partial charge in [0.15, 0.2) is 0 Å². The average molecular weight is 376 g/mol. The molecule has 0 saturated carbocycles. The van der Waals surface area contributed by atoms with Gasteiger partial charge < -0.3 is 0 Å². The molecule has 0 radical (unpaired) electrons. The average Bonchev–Trinajstić information content (AvgIpc) is 3.04. The molecule has 24 heavy (non-hydrogen) atoms. The maximum atomic E-state index is 12.0. The van der Waals surface area contributed by atoms with Crippen molar-refractivity contribution >= 4 is 45.7 Å². The fourth-order valence-electron chi connectivity index (χ4n) is 2.01. The molecule has 1 amide bonds. The normalized spacial score (nSPS) is 10.5. The Balaban J connectivity index is 1.49. The summed E-state index contributed by atoms with van der Waals surface area (Å²) in [6.07, 6.45) is 0.